The highest BCUT2D eigenvalue weighted by Crippen LogP contribution is 2.36. The van der Waals surface area contributed by atoms with Crippen molar-refractivity contribution in [1.82, 2.24) is 0 Å². The maximum Gasteiger partial charge on any atom is 0.344 e. The van der Waals surface area contributed by atoms with Crippen molar-refractivity contribution in [3.63, 3.8) is 0 Å². The topological polar surface area (TPSA) is 26.3 Å². The van der Waals surface area contributed by atoms with Crippen LogP contribution in [0, 0.1) is 0 Å². The number of hydrogen-bond donors (Lipinski definition) is 0. The summed E-state index contributed by atoms with van der Waals surface area (Å²) in [4.78, 5) is 11.6. The van der Waals surface area contributed by atoms with Gasteiger partial charge in [-0.2, -0.15) is 0 Å². The van der Waals surface area contributed by atoms with Crippen molar-refractivity contribution < 1.29 is 9.53 Å². The molecule has 0 fully saturated rings. The second kappa shape index (κ2) is 7.39. The Morgan fingerprint density at radius 2 is 1.89 bits per heavy atom. The zero-order valence-electron chi connectivity index (χ0n) is 10.0. The number of hydrogen-bond acceptors (Lipinski definition) is 2. The van der Waals surface area contributed by atoms with Crippen LogP contribution in [-0.2, 0) is 4.74 Å². The van der Waals surface area contributed by atoms with Gasteiger partial charge in [-0.1, -0.05) is 25.1 Å². The minimum atomic E-state index is -2.63. The van der Waals surface area contributed by atoms with Gasteiger partial charge in [0.15, 0.2) is 0 Å². The van der Waals surface area contributed by atoms with E-state index in [1.807, 2.05) is 13.0 Å². The van der Waals surface area contributed by atoms with E-state index < -0.39 is 6.00 Å². The normalized spacial score (nSPS) is 13.1. The number of carbonyl (C=O) groups excluding carboxylic acids is 1. The van der Waals surface area contributed by atoms with Crippen molar-refractivity contribution in [2.75, 3.05) is 6.61 Å². The van der Waals surface area contributed by atoms with E-state index in [0.717, 1.165) is 6.42 Å². The highest BCUT2D eigenvalue weighted by Gasteiger charge is 2.32. The molecule has 0 heterocycles. The summed E-state index contributed by atoms with van der Waals surface area (Å²) >= 11 is 17.6. The molecule has 0 aliphatic carbocycles. The summed E-state index contributed by atoms with van der Waals surface area (Å²) < 4.78 is 5.14. The molecule has 0 aromatic heterocycles. The lowest BCUT2D eigenvalue weighted by Gasteiger charge is -2.16. The van der Waals surface area contributed by atoms with Gasteiger partial charge in [0.2, 0.25) is 0 Å². The van der Waals surface area contributed by atoms with E-state index >= 15 is 0 Å². The van der Waals surface area contributed by atoms with Crippen LogP contribution in [0.4, 0.5) is 0 Å². The zero-order valence-corrected chi connectivity index (χ0v) is 13.3. The summed E-state index contributed by atoms with van der Waals surface area (Å²) in [7, 11) is 0. The summed E-state index contributed by atoms with van der Waals surface area (Å²) in [5.41, 5.74) is 0.624. The van der Waals surface area contributed by atoms with E-state index in [4.69, 9.17) is 38.0 Å². The molecule has 2 nitrogen and oxygen atoms in total. The summed E-state index contributed by atoms with van der Waals surface area (Å²) in [6, 6.07) is 6.27. The fourth-order valence-electron chi connectivity index (χ4n) is 1.38. The van der Waals surface area contributed by atoms with Crippen LogP contribution in [0.2, 0.25) is 5.54 Å². The molecule has 1 aromatic rings. The molecule has 1 rings (SSSR count). The highest BCUT2D eigenvalue weighted by molar-refractivity contribution is 7.65. The molecule has 0 aliphatic heterocycles. The summed E-state index contributed by atoms with van der Waals surface area (Å²) in [6.45, 7) is 2.27. The van der Waals surface area contributed by atoms with E-state index in [-0.39, 0.29) is 11.5 Å². The van der Waals surface area contributed by atoms with Gasteiger partial charge in [-0.05, 0) is 30.5 Å². The van der Waals surface area contributed by atoms with Crippen LogP contribution >= 0.6 is 33.2 Å². The summed E-state index contributed by atoms with van der Waals surface area (Å²) in [6.07, 6.45) is 1.46. The second-order valence-electron chi connectivity index (χ2n) is 4.09. The Bertz CT molecular complexity index is 379. The van der Waals surface area contributed by atoms with E-state index in [2.05, 4.69) is 0 Å². The monoisotopic (exact) mass is 324 g/mol. The first kappa shape index (κ1) is 15.8. The van der Waals surface area contributed by atoms with Crippen LogP contribution in [-0.4, -0.2) is 18.6 Å². The lowest BCUT2D eigenvalue weighted by atomic mass is 10.2. The van der Waals surface area contributed by atoms with Crippen molar-refractivity contribution in [2.24, 2.45) is 0 Å². The highest BCUT2D eigenvalue weighted by atomic mass is 35.8. The Morgan fingerprint density at radius 3 is 2.44 bits per heavy atom. The van der Waals surface area contributed by atoms with Crippen LogP contribution in [0.25, 0.3) is 0 Å². The number of rotatable bonds is 6. The Hall–Kier alpha value is -0.223. The number of carbonyl (C=O) groups is 1. The van der Waals surface area contributed by atoms with Crippen molar-refractivity contribution in [3.05, 3.63) is 35.9 Å². The van der Waals surface area contributed by atoms with Gasteiger partial charge in [0.25, 0.3) is 0 Å². The maximum absolute atomic E-state index is 11.6. The molecule has 6 heteroatoms. The zero-order chi connectivity index (χ0) is 13.6. The molecule has 0 bridgehead atoms. The molecule has 0 saturated carbocycles. The molecule has 0 radical (unpaired) electrons. The average molecular weight is 326 g/mol. The minimum absolute atomic E-state index is 0.0675. The van der Waals surface area contributed by atoms with Crippen molar-refractivity contribution in [1.29, 1.82) is 0 Å². The third-order valence-corrected chi connectivity index (χ3v) is 7.34. The standard InChI is InChI=1S/C12H15Cl3O2Si/c1-10(18(13,14)15)6-5-9-17-12(16)11-7-3-2-4-8-11/h2-4,7-8,10H,5-6,9H2,1H3/t10-/m1/s1. The molecule has 18 heavy (non-hydrogen) atoms. The van der Waals surface area contributed by atoms with Gasteiger partial charge in [0.1, 0.15) is 0 Å². The lowest BCUT2D eigenvalue weighted by molar-refractivity contribution is 0.0498. The lowest BCUT2D eigenvalue weighted by Crippen LogP contribution is -2.17. The molecule has 0 unspecified atom stereocenters. The van der Waals surface area contributed by atoms with Gasteiger partial charge in [-0.3, -0.25) is 0 Å². The Morgan fingerprint density at radius 1 is 1.28 bits per heavy atom. The third-order valence-electron chi connectivity index (χ3n) is 2.58. The summed E-state index contributed by atoms with van der Waals surface area (Å²) in [5.74, 6) is -0.311. The minimum Gasteiger partial charge on any atom is -0.462 e. The van der Waals surface area contributed by atoms with Gasteiger partial charge in [0.05, 0.1) is 12.2 Å². The molecular formula is C12H15Cl3O2Si. The van der Waals surface area contributed by atoms with Crippen LogP contribution in [0.1, 0.15) is 30.1 Å². The first-order valence-electron chi connectivity index (χ1n) is 5.70. The fourth-order valence-corrected chi connectivity index (χ4v) is 2.89. The molecule has 0 amide bonds. The van der Waals surface area contributed by atoms with E-state index in [9.17, 15) is 4.79 Å². The third kappa shape index (κ3) is 5.61. The first-order chi connectivity index (χ1) is 8.41. The SMILES string of the molecule is C[C@H](CCCOC(=O)c1ccccc1)[Si](Cl)(Cl)Cl. The Labute approximate surface area is 122 Å². The van der Waals surface area contributed by atoms with Crippen LogP contribution in [0.5, 0.6) is 0 Å². The van der Waals surface area contributed by atoms with Crippen LogP contribution < -0.4 is 0 Å². The molecule has 1 aromatic carbocycles. The maximum atomic E-state index is 11.6. The predicted molar refractivity (Wildman–Crippen MR) is 78.7 cm³/mol. The average Bonchev–Trinajstić information content (AvgIpc) is 2.34. The Kier molecular flexibility index (Phi) is 6.50. The molecule has 0 N–H and O–H groups in total. The molecule has 100 valence electrons. The van der Waals surface area contributed by atoms with Crippen LogP contribution in [0.3, 0.4) is 0 Å². The van der Waals surface area contributed by atoms with E-state index in [0.29, 0.717) is 18.6 Å². The first-order valence-corrected chi connectivity index (χ1v) is 10.8. The van der Waals surface area contributed by atoms with Crippen molar-refractivity contribution in [3.8, 4) is 0 Å². The number of esters is 1. The fraction of sp³-hybridized carbons (Fsp3) is 0.417. The van der Waals surface area contributed by atoms with Gasteiger partial charge in [0, 0.05) is 0 Å². The number of ether oxygens (including phenoxy) is 1. The van der Waals surface area contributed by atoms with Gasteiger partial charge in [-0.25, -0.2) is 4.79 Å². The molecule has 1 atom stereocenters. The van der Waals surface area contributed by atoms with Crippen molar-refractivity contribution in [2.45, 2.75) is 25.3 Å². The molecule has 0 aliphatic rings. The molecular weight excluding hydrogens is 311 g/mol. The number of halogens is 3. The summed E-state index contributed by atoms with van der Waals surface area (Å²) in [5, 5.41) is 0. The van der Waals surface area contributed by atoms with E-state index in [1.54, 1.807) is 24.3 Å². The van der Waals surface area contributed by atoms with Gasteiger partial charge < -0.3 is 4.74 Å². The van der Waals surface area contributed by atoms with Gasteiger partial charge in [-0.15, -0.1) is 33.2 Å². The smallest absolute Gasteiger partial charge is 0.344 e. The largest absolute Gasteiger partial charge is 0.462 e. The van der Waals surface area contributed by atoms with Crippen molar-refractivity contribution >= 4 is 45.2 Å². The Balaban J connectivity index is 2.25. The van der Waals surface area contributed by atoms with E-state index in [1.165, 1.54) is 0 Å². The quantitative estimate of drug-likeness (QED) is 0.329. The predicted octanol–water partition coefficient (Wildman–Crippen LogP) is 4.67. The van der Waals surface area contributed by atoms with Gasteiger partial charge >= 0.3 is 12.0 Å². The second-order valence-corrected chi connectivity index (χ2v) is 13.3. The molecule has 0 saturated heterocycles. The number of benzene rings is 1. The van der Waals surface area contributed by atoms with Crippen LogP contribution in [0.15, 0.2) is 30.3 Å². The molecule has 0 spiro atoms.